The molecule has 0 saturated carbocycles. The Balaban J connectivity index is 1.91. The van der Waals surface area contributed by atoms with E-state index in [1.807, 2.05) is 6.07 Å². The second-order valence-corrected chi connectivity index (χ2v) is 8.43. The van der Waals surface area contributed by atoms with Crippen LogP contribution in [0, 0.1) is 0 Å². The molecule has 0 aliphatic carbocycles. The lowest BCUT2D eigenvalue weighted by molar-refractivity contribution is -0.132. The molecule has 3 rings (SSSR count). The van der Waals surface area contributed by atoms with E-state index in [9.17, 15) is 18.0 Å². The molecule has 28 heavy (non-hydrogen) atoms. The highest BCUT2D eigenvalue weighted by molar-refractivity contribution is 7.89. The van der Waals surface area contributed by atoms with E-state index in [2.05, 4.69) is 5.32 Å². The molecule has 2 amide bonds. The number of nitrogens with zero attached hydrogens (tertiary/aromatic N) is 2. The van der Waals surface area contributed by atoms with Crippen LogP contribution >= 0.6 is 11.6 Å². The van der Waals surface area contributed by atoms with Gasteiger partial charge in [0.25, 0.3) is 0 Å². The third-order valence-electron chi connectivity index (χ3n) is 4.49. The molecular formula is C19H20ClN3O4S. The summed E-state index contributed by atoms with van der Waals surface area (Å²) in [5, 5.41) is 2.73. The average molecular weight is 422 g/mol. The normalized spacial score (nSPS) is 17.9. The minimum Gasteiger partial charge on any atom is -0.338 e. The van der Waals surface area contributed by atoms with E-state index in [1.165, 1.54) is 17.0 Å². The average Bonchev–Trinajstić information content (AvgIpc) is 2.74. The monoisotopic (exact) mass is 421 g/mol. The van der Waals surface area contributed by atoms with Gasteiger partial charge < -0.3 is 10.2 Å². The lowest BCUT2D eigenvalue weighted by Gasteiger charge is -2.39. The van der Waals surface area contributed by atoms with E-state index in [4.69, 9.17) is 11.6 Å². The SMILES string of the molecule is O=C(Nc1ccccc1)C1CN(C(=O)CCl)CCN1S(=O)(=O)c1ccccc1. The molecule has 0 bridgehead atoms. The van der Waals surface area contributed by atoms with Crippen LogP contribution in [0.2, 0.25) is 0 Å². The summed E-state index contributed by atoms with van der Waals surface area (Å²) in [5.41, 5.74) is 0.547. The Labute approximate surface area is 168 Å². The van der Waals surface area contributed by atoms with Gasteiger partial charge in [0.2, 0.25) is 21.8 Å². The molecule has 0 spiro atoms. The maximum atomic E-state index is 13.1. The predicted molar refractivity (Wildman–Crippen MR) is 106 cm³/mol. The summed E-state index contributed by atoms with van der Waals surface area (Å²) < 4.78 is 27.4. The Hall–Kier alpha value is -2.42. The first-order chi connectivity index (χ1) is 13.4. The fraction of sp³-hybridized carbons (Fsp3) is 0.263. The van der Waals surface area contributed by atoms with Crippen molar-refractivity contribution in [2.45, 2.75) is 10.9 Å². The highest BCUT2D eigenvalue weighted by Crippen LogP contribution is 2.23. The molecule has 0 aromatic heterocycles. The van der Waals surface area contributed by atoms with Crippen molar-refractivity contribution < 1.29 is 18.0 Å². The molecule has 1 heterocycles. The van der Waals surface area contributed by atoms with Crippen molar-refractivity contribution in [3.8, 4) is 0 Å². The van der Waals surface area contributed by atoms with Gasteiger partial charge in [-0.2, -0.15) is 4.31 Å². The number of sulfonamides is 1. The van der Waals surface area contributed by atoms with Gasteiger partial charge in [0, 0.05) is 25.3 Å². The molecule has 1 fully saturated rings. The Kier molecular flexibility index (Phi) is 6.33. The summed E-state index contributed by atoms with van der Waals surface area (Å²) >= 11 is 5.64. The van der Waals surface area contributed by atoms with Gasteiger partial charge in [0.1, 0.15) is 11.9 Å². The van der Waals surface area contributed by atoms with E-state index in [0.717, 1.165) is 4.31 Å². The van der Waals surface area contributed by atoms with Crippen LogP contribution < -0.4 is 5.32 Å². The molecule has 9 heteroatoms. The van der Waals surface area contributed by atoms with Gasteiger partial charge in [-0.05, 0) is 24.3 Å². The summed E-state index contributed by atoms with van der Waals surface area (Å²) in [6.45, 7) is 0.121. The zero-order chi connectivity index (χ0) is 20.1. The molecular weight excluding hydrogens is 402 g/mol. The van der Waals surface area contributed by atoms with Gasteiger partial charge >= 0.3 is 0 Å². The molecule has 1 unspecified atom stereocenters. The van der Waals surface area contributed by atoms with Crippen molar-refractivity contribution in [1.82, 2.24) is 9.21 Å². The topological polar surface area (TPSA) is 86.8 Å². The molecule has 1 N–H and O–H groups in total. The van der Waals surface area contributed by atoms with Crippen LogP contribution in [-0.4, -0.2) is 61.0 Å². The number of para-hydroxylation sites is 1. The number of alkyl halides is 1. The first kappa shape index (κ1) is 20.3. The second-order valence-electron chi connectivity index (χ2n) is 6.27. The van der Waals surface area contributed by atoms with Crippen LogP contribution in [-0.2, 0) is 19.6 Å². The minimum atomic E-state index is -3.90. The van der Waals surface area contributed by atoms with Crippen molar-refractivity contribution in [3.63, 3.8) is 0 Å². The number of hydrogen-bond acceptors (Lipinski definition) is 4. The second kappa shape index (κ2) is 8.72. The molecule has 0 radical (unpaired) electrons. The number of benzene rings is 2. The quantitative estimate of drug-likeness (QED) is 0.745. The summed E-state index contributed by atoms with van der Waals surface area (Å²) in [4.78, 5) is 26.5. The third-order valence-corrected chi connectivity index (χ3v) is 6.64. The number of piperazine rings is 1. The van der Waals surface area contributed by atoms with E-state index in [-0.39, 0.29) is 36.3 Å². The molecule has 2 aromatic rings. The van der Waals surface area contributed by atoms with Crippen LogP contribution in [0.5, 0.6) is 0 Å². The molecule has 1 atom stereocenters. The van der Waals surface area contributed by atoms with Crippen LogP contribution in [0.1, 0.15) is 0 Å². The largest absolute Gasteiger partial charge is 0.338 e. The van der Waals surface area contributed by atoms with Crippen LogP contribution in [0.15, 0.2) is 65.6 Å². The zero-order valence-corrected chi connectivity index (χ0v) is 16.6. The first-order valence-corrected chi connectivity index (χ1v) is 10.7. The van der Waals surface area contributed by atoms with E-state index < -0.39 is 22.0 Å². The number of anilines is 1. The number of carbonyl (C=O) groups is 2. The highest BCUT2D eigenvalue weighted by Gasteiger charge is 2.41. The Morgan fingerprint density at radius 3 is 2.21 bits per heavy atom. The number of amides is 2. The van der Waals surface area contributed by atoms with Gasteiger partial charge in [0.15, 0.2) is 0 Å². The van der Waals surface area contributed by atoms with Crippen molar-refractivity contribution in [3.05, 3.63) is 60.7 Å². The van der Waals surface area contributed by atoms with E-state index >= 15 is 0 Å². The smallest absolute Gasteiger partial charge is 0.244 e. The fourth-order valence-corrected chi connectivity index (χ4v) is 4.81. The van der Waals surface area contributed by atoms with E-state index in [1.54, 1.807) is 42.5 Å². The Bertz CT molecular complexity index is 938. The molecule has 1 aliphatic heterocycles. The first-order valence-electron chi connectivity index (χ1n) is 8.70. The number of hydrogen-bond donors (Lipinski definition) is 1. The number of rotatable bonds is 5. The van der Waals surface area contributed by atoms with Crippen molar-refractivity contribution in [2.24, 2.45) is 0 Å². The Morgan fingerprint density at radius 1 is 1.00 bits per heavy atom. The molecule has 1 aliphatic rings. The van der Waals surface area contributed by atoms with Gasteiger partial charge in [-0.25, -0.2) is 8.42 Å². The summed E-state index contributed by atoms with van der Waals surface area (Å²) in [6, 6.07) is 15.6. The van der Waals surface area contributed by atoms with Crippen LogP contribution in [0.25, 0.3) is 0 Å². The minimum absolute atomic E-state index is 0.00668. The highest BCUT2D eigenvalue weighted by atomic mass is 35.5. The zero-order valence-electron chi connectivity index (χ0n) is 15.0. The van der Waals surface area contributed by atoms with Crippen molar-refractivity contribution in [2.75, 3.05) is 30.8 Å². The Morgan fingerprint density at radius 2 is 1.61 bits per heavy atom. The van der Waals surface area contributed by atoms with Gasteiger partial charge in [-0.3, -0.25) is 9.59 Å². The molecule has 7 nitrogen and oxygen atoms in total. The van der Waals surface area contributed by atoms with Crippen molar-refractivity contribution in [1.29, 1.82) is 0 Å². The molecule has 2 aromatic carbocycles. The predicted octanol–water partition coefficient (Wildman–Crippen LogP) is 1.77. The standard InChI is InChI=1S/C19H20ClN3O4S/c20-13-18(24)22-11-12-23(28(26,27)16-9-5-2-6-10-16)17(14-22)19(25)21-15-7-3-1-4-8-15/h1-10,17H,11-14H2,(H,21,25). The number of carbonyl (C=O) groups excluding carboxylic acids is 2. The fourth-order valence-electron chi connectivity index (χ4n) is 3.05. The maximum absolute atomic E-state index is 13.1. The van der Waals surface area contributed by atoms with Gasteiger partial charge in [-0.1, -0.05) is 36.4 Å². The molecule has 148 valence electrons. The van der Waals surface area contributed by atoms with Gasteiger partial charge in [-0.15, -0.1) is 11.6 Å². The van der Waals surface area contributed by atoms with Crippen LogP contribution in [0.4, 0.5) is 5.69 Å². The van der Waals surface area contributed by atoms with Crippen LogP contribution in [0.3, 0.4) is 0 Å². The third kappa shape index (κ3) is 4.35. The number of nitrogens with one attached hydrogen (secondary N) is 1. The summed E-state index contributed by atoms with van der Waals surface area (Å²) in [6.07, 6.45) is 0. The van der Waals surface area contributed by atoms with Gasteiger partial charge in [0.05, 0.1) is 4.90 Å². The molecule has 1 saturated heterocycles. The number of halogens is 1. The maximum Gasteiger partial charge on any atom is 0.244 e. The summed E-state index contributed by atoms with van der Waals surface area (Å²) in [7, 11) is -3.90. The lowest BCUT2D eigenvalue weighted by atomic mass is 10.2. The van der Waals surface area contributed by atoms with E-state index in [0.29, 0.717) is 5.69 Å². The van der Waals surface area contributed by atoms with Crippen molar-refractivity contribution >= 4 is 39.1 Å². The lowest BCUT2D eigenvalue weighted by Crippen LogP contribution is -2.60. The summed E-state index contributed by atoms with van der Waals surface area (Å²) in [5.74, 6) is -1.06.